The van der Waals surface area contributed by atoms with Crippen LogP contribution in [0.3, 0.4) is 0 Å². The van der Waals surface area contributed by atoms with Crippen molar-refractivity contribution in [2.75, 3.05) is 13.2 Å². The molecule has 0 aliphatic carbocycles. The molecule has 5 heteroatoms. The molecular formula is C13H27NO4. The third-order valence-corrected chi connectivity index (χ3v) is 2.81. The summed E-state index contributed by atoms with van der Waals surface area (Å²) in [7, 11) is 0. The fourth-order valence-corrected chi connectivity index (χ4v) is 1.73. The highest BCUT2D eigenvalue weighted by molar-refractivity contribution is 4.48. The van der Waals surface area contributed by atoms with Gasteiger partial charge in [0.15, 0.2) is 0 Å². The van der Waals surface area contributed by atoms with E-state index in [1.807, 2.05) is 0 Å². The molecular weight excluding hydrogens is 234 g/mol. The minimum atomic E-state index is -0.782. The van der Waals surface area contributed by atoms with E-state index in [2.05, 4.69) is 11.8 Å². The molecule has 0 bridgehead atoms. The highest BCUT2D eigenvalue weighted by Gasteiger charge is 2.04. The molecule has 1 unspecified atom stereocenters. The second-order valence-corrected chi connectivity index (χ2v) is 4.68. The molecule has 0 amide bonds. The fraction of sp³-hybridized carbons (Fsp3) is 1.00. The zero-order valence-corrected chi connectivity index (χ0v) is 11.7. The highest BCUT2D eigenvalue weighted by Crippen LogP contribution is 2.08. The molecule has 0 aromatic heterocycles. The van der Waals surface area contributed by atoms with Gasteiger partial charge < -0.3 is 9.57 Å². The lowest BCUT2D eigenvalue weighted by molar-refractivity contribution is -0.759. The Morgan fingerprint density at radius 2 is 1.61 bits per heavy atom. The Bertz CT molecular complexity index is 199. The summed E-state index contributed by atoms with van der Waals surface area (Å²) in [5, 5.41) is 9.17. The zero-order valence-electron chi connectivity index (χ0n) is 11.7. The second-order valence-electron chi connectivity index (χ2n) is 4.68. The summed E-state index contributed by atoms with van der Waals surface area (Å²) in [6.45, 7) is 4.69. The maximum atomic E-state index is 9.95. The predicted octanol–water partition coefficient (Wildman–Crippen LogP) is 3.74. The molecule has 0 rings (SSSR count). The Morgan fingerprint density at radius 3 is 2.17 bits per heavy atom. The van der Waals surface area contributed by atoms with Crippen molar-refractivity contribution < 1.29 is 14.7 Å². The van der Waals surface area contributed by atoms with E-state index in [4.69, 9.17) is 4.74 Å². The SMILES string of the molecule is CCCCCCCCCCOC(C)CO[N+](=O)[O-]. The molecule has 0 heterocycles. The molecule has 5 nitrogen and oxygen atoms in total. The molecule has 0 saturated carbocycles. The maximum absolute atomic E-state index is 9.95. The van der Waals surface area contributed by atoms with E-state index >= 15 is 0 Å². The quantitative estimate of drug-likeness (QED) is 0.288. The number of hydrogen-bond donors (Lipinski definition) is 0. The van der Waals surface area contributed by atoms with Crippen molar-refractivity contribution >= 4 is 0 Å². The van der Waals surface area contributed by atoms with Crippen LogP contribution in [0, 0.1) is 10.1 Å². The standard InChI is InChI=1S/C13H27NO4/c1-3-4-5-6-7-8-9-10-11-17-13(2)12-18-14(15)16/h13H,3-12H2,1-2H3. The molecule has 1 atom stereocenters. The Kier molecular flexibility index (Phi) is 12.0. The summed E-state index contributed by atoms with van der Waals surface area (Å²) >= 11 is 0. The van der Waals surface area contributed by atoms with E-state index in [-0.39, 0.29) is 12.7 Å². The van der Waals surface area contributed by atoms with E-state index in [1.165, 1.54) is 44.9 Å². The van der Waals surface area contributed by atoms with Gasteiger partial charge in [0.1, 0.15) is 6.61 Å². The first-order chi connectivity index (χ1) is 8.66. The van der Waals surface area contributed by atoms with Crippen molar-refractivity contribution in [2.24, 2.45) is 0 Å². The van der Waals surface area contributed by atoms with Gasteiger partial charge in [0.05, 0.1) is 6.10 Å². The van der Waals surface area contributed by atoms with Crippen LogP contribution in [-0.2, 0) is 9.57 Å². The Labute approximate surface area is 110 Å². The number of rotatable bonds is 13. The van der Waals surface area contributed by atoms with Gasteiger partial charge in [-0.15, -0.1) is 10.1 Å². The van der Waals surface area contributed by atoms with E-state index in [1.54, 1.807) is 6.92 Å². The molecule has 108 valence electrons. The third-order valence-electron chi connectivity index (χ3n) is 2.81. The molecule has 18 heavy (non-hydrogen) atoms. The van der Waals surface area contributed by atoms with E-state index in [0.717, 1.165) is 6.42 Å². The Balaban J connectivity index is 3.12. The van der Waals surface area contributed by atoms with Crippen molar-refractivity contribution in [2.45, 2.75) is 71.3 Å². The van der Waals surface area contributed by atoms with Crippen molar-refractivity contribution in [3.63, 3.8) is 0 Å². The fourth-order valence-electron chi connectivity index (χ4n) is 1.73. The number of ether oxygens (including phenoxy) is 1. The second kappa shape index (κ2) is 12.6. The number of unbranched alkanes of at least 4 members (excludes halogenated alkanes) is 7. The van der Waals surface area contributed by atoms with Crippen LogP contribution in [0.15, 0.2) is 0 Å². The van der Waals surface area contributed by atoms with Crippen LogP contribution in [-0.4, -0.2) is 24.4 Å². The van der Waals surface area contributed by atoms with Crippen molar-refractivity contribution in [1.29, 1.82) is 0 Å². The molecule has 0 spiro atoms. The minimum Gasteiger partial charge on any atom is -0.377 e. The normalized spacial score (nSPS) is 12.3. The first-order valence-corrected chi connectivity index (χ1v) is 7.05. The molecule has 0 aromatic carbocycles. The van der Waals surface area contributed by atoms with Gasteiger partial charge in [0, 0.05) is 6.61 Å². The lowest BCUT2D eigenvalue weighted by Gasteiger charge is -2.11. The van der Waals surface area contributed by atoms with Gasteiger partial charge in [0.25, 0.3) is 5.09 Å². The van der Waals surface area contributed by atoms with Crippen LogP contribution in [0.2, 0.25) is 0 Å². The van der Waals surface area contributed by atoms with Crippen molar-refractivity contribution in [3.05, 3.63) is 10.1 Å². The molecule has 0 N–H and O–H groups in total. The highest BCUT2D eigenvalue weighted by atomic mass is 17.0. The first-order valence-electron chi connectivity index (χ1n) is 7.05. The summed E-state index contributed by atoms with van der Waals surface area (Å²) < 4.78 is 5.41. The van der Waals surface area contributed by atoms with Crippen LogP contribution in [0.4, 0.5) is 0 Å². The molecule has 0 saturated heterocycles. The monoisotopic (exact) mass is 261 g/mol. The van der Waals surface area contributed by atoms with Crippen LogP contribution in [0.5, 0.6) is 0 Å². The lowest BCUT2D eigenvalue weighted by atomic mass is 10.1. The van der Waals surface area contributed by atoms with Gasteiger partial charge in [-0.2, -0.15) is 0 Å². The molecule has 0 radical (unpaired) electrons. The van der Waals surface area contributed by atoms with Crippen molar-refractivity contribution in [3.8, 4) is 0 Å². The Morgan fingerprint density at radius 1 is 1.06 bits per heavy atom. The first kappa shape index (κ1) is 17.2. The average Bonchev–Trinajstić information content (AvgIpc) is 2.34. The Hall–Kier alpha value is -0.840. The summed E-state index contributed by atoms with van der Waals surface area (Å²) in [5.74, 6) is 0. The smallest absolute Gasteiger partial charge is 0.294 e. The number of hydrogen-bond acceptors (Lipinski definition) is 4. The van der Waals surface area contributed by atoms with Gasteiger partial charge in [-0.05, 0) is 13.3 Å². The van der Waals surface area contributed by atoms with Crippen molar-refractivity contribution in [1.82, 2.24) is 0 Å². The topological polar surface area (TPSA) is 61.6 Å². The third kappa shape index (κ3) is 13.2. The lowest BCUT2D eigenvalue weighted by Crippen LogP contribution is -2.18. The van der Waals surface area contributed by atoms with Gasteiger partial charge >= 0.3 is 0 Å². The molecule has 0 aliphatic rings. The predicted molar refractivity (Wildman–Crippen MR) is 71.0 cm³/mol. The van der Waals surface area contributed by atoms with Crippen LogP contribution < -0.4 is 0 Å². The van der Waals surface area contributed by atoms with Crippen LogP contribution in [0.1, 0.15) is 65.2 Å². The molecule has 0 fully saturated rings. The molecule has 0 aliphatic heterocycles. The maximum Gasteiger partial charge on any atom is 0.294 e. The van der Waals surface area contributed by atoms with E-state index in [9.17, 15) is 10.1 Å². The number of nitrogens with zero attached hydrogens (tertiary/aromatic N) is 1. The van der Waals surface area contributed by atoms with Gasteiger partial charge in [0.2, 0.25) is 0 Å². The average molecular weight is 261 g/mol. The molecule has 0 aromatic rings. The largest absolute Gasteiger partial charge is 0.377 e. The summed E-state index contributed by atoms with van der Waals surface area (Å²) in [4.78, 5) is 14.2. The van der Waals surface area contributed by atoms with Gasteiger partial charge in [-0.25, -0.2) is 0 Å². The zero-order chi connectivity index (χ0) is 13.6. The van der Waals surface area contributed by atoms with Crippen LogP contribution >= 0.6 is 0 Å². The minimum absolute atomic E-state index is 0.0179. The van der Waals surface area contributed by atoms with Crippen LogP contribution in [0.25, 0.3) is 0 Å². The summed E-state index contributed by atoms with van der Waals surface area (Å²) in [6, 6.07) is 0. The van der Waals surface area contributed by atoms with E-state index in [0.29, 0.717) is 6.61 Å². The van der Waals surface area contributed by atoms with Gasteiger partial charge in [-0.3, -0.25) is 0 Å². The van der Waals surface area contributed by atoms with E-state index < -0.39 is 5.09 Å². The van der Waals surface area contributed by atoms with Gasteiger partial charge in [-0.1, -0.05) is 51.9 Å². The summed E-state index contributed by atoms with van der Waals surface area (Å²) in [6.07, 6.45) is 9.87. The summed E-state index contributed by atoms with van der Waals surface area (Å²) in [5.41, 5.74) is 0.